The van der Waals surface area contributed by atoms with Gasteiger partial charge in [0, 0.05) is 12.8 Å². The molecule has 0 unspecified atom stereocenters. The van der Waals surface area contributed by atoms with Crippen LogP contribution in [0.5, 0.6) is 0 Å². The van der Waals surface area contributed by atoms with Crippen LogP contribution in [0.4, 0.5) is 0 Å². The summed E-state index contributed by atoms with van der Waals surface area (Å²) < 4.78 is 2.40. The summed E-state index contributed by atoms with van der Waals surface area (Å²) in [6.45, 7) is 6.79. The Morgan fingerprint density at radius 3 is 2.40 bits per heavy atom. The summed E-state index contributed by atoms with van der Waals surface area (Å²) in [6.07, 6.45) is 0. The Hall–Kier alpha value is 0.0200. The molecule has 0 saturated heterocycles. The van der Waals surface area contributed by atoms with Crippen molar-refractivity contribution in [2.75, 3.05) is 12.8 Å². The fourth-order valence-electron chi connectivity index (χ4n) is 1.29. The van der Waals surface area contributed by atoms with E-state index in [-0.39, 0.29) is 0 Å². The third-order valence-corrected chi connectivity index (χ3v) is 3.44. The lowest BCUT2D eigenvalue weighted by Gasteiger charge is -2.09. The molecule has 1 rings (SSSR count). The van der Waals surface area contributed by atoms with E-state index in [0.29, 0.717) is 0 Å². The van der Waals surface area contributed by atoms with Crippen molar-refractivity contribution >= 4 is 16.8 Å². The van der Waals surface area contributed by atoms with Crippen molar-refractivity contribution < 1.29 is 4.58 Å². The van der Waals surface area contributed by atoms with Gasteiger partial charge in [0.15, 0.2) is 6.04 Å². The second kappa shape index (κ2) is 2.95. The molecule has 0 bridgehead atoms. The zero-order valence-electron chi connectivity index (χ0n) is 7.22. The number of thioether (sulfide) groups is 1. The highest BCUT2D eigenvalue weighted by Gasteiger charge is 2.30. The molecule has 58 valence electrons. The van der Waals surface area contributed by atoms with Crippen LogP contribution < -0.4 is 0 Å². The monoisotopic (exact) mass is 158 g/mol. The Balaban J connectivity index is 2.68. The van der Waals surface area contributed by atoms with Crippen LogP contribution in [-0.2, 0) is 0 Å². The SMILES string of the molecule is CC1=[N+](C)[C@@H](C(C)C)CS1. The van der Waals surface area contributed by atoms with Gasteiger partial charge in [0.2, 0.25) is 5.04 Å². The average molecular weight is 158 g/mol. The largest absolute Gasteiger partial charge is 0.227 e. The quantitative estimate of drug-likeness (QED) is 0.526. The molecule has 1 heterocycles. The van der Waals surface area contributed by atoms with E-state index in [9.17, 15) is 0 Å². The van der Waals surface area contributed by atoms with Crippen LogP contribution in [-0.4, -0.2) is 28.5 Å². The maximum absolute atomic E-state index is 2.40. The van der Waals surface area contributed by atoms with E-state index in [0.717, 1.165) is 12.0 Å². The zero-order valence-corrected chi connectivity index (χ0v) is 8.03. The Morgan fingerprint density at radius 1 is 1.60 bits per heavy atom. The third kappa shape index (κ3) is 1.36. The highest BCUT2D eigenvalue weighted by molar-refractivity contribution is 8.13. The Morgan fingerprint density at radius 2 is 2.20 bits per heavy atom. The summed E-state index contributed by atoms with van der Waals surface area (Å²) in [6, 6.07) is 0.769. The predicted molar refractivity (Wildman–Crippen MR) is 47.9 cm³/mol. The van der Waals surface area contributed by atoms with Crippen molar-refractivity contribution in [1.29, 1.82) is 0 Å². The summed E-state index contributed by atoms with van der Waals surface area (Å²) >= 11 is 1.98. The third-order valence-electron chi connectivity index (χ3n) is 2.23. The van der Waals surface area contributed by atoms with Crippen molar-refractivity contribution in [2.45, 2.75) is 26.8 Å². The van der Waals surface area contributed by atoms with Gasteiger partial charge in [0.05, 0.1) is 5.75 Å². The lowest BCUT2D eigenvalue weighted by Crippen LogP contribution is -2.27. The molecule has 10 heavy (non-hydrogen) atoms. The lowest BCUT2D eigenvalue weighted by molar-refractivity contribution is -0.534. The molecule has 0 aromatic carbocycles. The molecule has 0 fully saturated rings. The van der Waals surface area contributed by atoms with Gasteiger partial charge in [-0.3, -0.25) is 0 Å². The van der Waals surface area contributed by atoms with Crippen LogP contribution in [0, 0.1) is 5.92 Å². The summed E-state index contributed by atoms with van der Waals surface area (Å²) in [4.78, 5) is 0. The van der Waals surface area contributed by atoms with Gasteiger partial charge < -0.3 is 0 Å². The number of hydrogen-bond acceptors (Lipinski definition) is 1. The van der Waals surface area contributed by atoms with Crippen LogP contribution in [0.3, 0.4) is 0 Å². The summed E-state index contributed by atoms with van der Waals surface area (Å²) in [5.41, 5.74) is 0. The second-order valence-corrected chi connectivity index (χ2v) is 4.47. The molecule has 1 atom stereocenters. The van der Waals surface area contributed by atoms with Gasteiger partial charge >= 0.3 is 0 Å². The Kier molecular flexibility index (Phi) is 2.40. The first-order valence-corrected chi connectivity index (χ1v) is 4.80. The zero-order chi connectivity index (χ0) is 7.72. The van der Waals surface area contributed by atoms with E-state index in [2.05, 4.69) is 32.4 Å². The molecule has 0 spiro atoms. The van der Waals surface area contributed by atoms with Crippen LogP contribution in [0.2, 0.25) is 0 Å². The molecule has 2 heteroatoms. The molecule has 0 amide bonds. The molecule has 1 nitrogen and oxygen atoms in total. The fraction of sp³-hybridized carbons (Fsp3) is 0.875. The topological polar surface area (TPSA) is 3.01 Å². The van der Waals surface area contributed by atoms with Crippen molar-refractivity contribution in [3.63, 3.8) is 0 Å². The molecule has 0 aromatic heterocycles. The van der Waals surface area contributed by atoms with E-state index in [1.165, 1.54) is 10.8 Å². The van der Waals surface area contributed by atoms with Gasteiger partial charge in [0.1, 0.15) is 7.05 Å². The van der Waals surface area contributed by atoms with Gasteiger partial charge in [0.25, 0.3) is 0 Å². The molecule has 0 radical (unpaired) electrons. The standard InChI is InChI=1S/C8H16NS/c1-6(2)8-5-10-7(3)9(8)4/h6,8H,5H2,1-4H3/q+1/t8-/m1/s1. The van der Waals surface area contributed by atoms with Gasteiger partial charge in [-0.25, -0.2) is 4.58 Å². The molecular weight excluding hydrogens is 142 g/mol. The smallest absolute Gasteiger partial charge is 0.207 e. The van der Waals surface area contributed by atoms with Gasteiger partial charge in [-0.15, -0.1) is 0 Å². The number of hydrogen-bond donors (Lipinski definition) is 0. The summed E-state index contributed by atoms with van der Waals surface area (Å²) in [5.74, 6) is 2.06. The normalized spacial score (nSPS) is 26.7. The maximum atomic E-state index is 2.40. The highest BCUT2D eigenvalue weighted by atomic mass is 32.2. The molecule has 0 aromatic rings. The number of nitrogens with zero attached hydrogens (tertiary/aromatic N) is 1. The van der Waals surface area contributed by atoms with E-state index < -0.39 is 0 Å². The van der Waals surface area contributed by atoms with Crippen molar-refractivity contribution in [3.8, 4) is 0 Å². The second-order valence-electron chi connectivity index (χ2n) is 3.25. The van der Waals surface area contributed by atoms with Crippen LogP contribution >= 0.6 is 11.8 Å². The van der Waals surface area contributed by atoms with Gasteiger partial charge in [-0.2, -0.15) is 0 Å². The first kappa shape index (κ1) is 8.12. The van der Waals surface area contributed by atoms with E-state index in [1.807, 2.05) is 11.8 Å². The molecular formula is C8H16NS+. The van der Waals surface area contributed by atoms with E-state index in [4.69, 9.17) is 0 Å². The first-order chi connectivity index (χ1) is 4.63. The van der Waals surface area contributed by atoms with Crippen molar-refractivity contribution in [3.05, 3.63) is 0 Å². The minimum atomic E-state index is 0.769. The van der Waals surface area contributed by atoms with Crippen molar-refractivity contribution in [1.82, 2.24) is 0 Å². The summed E-state index contributed by atoms with van der Waals surface area (Å²) in [7, 11) is 2.19. The van der Waals surface area contributed by atoms with Gasteiger partial charge in [-0.05, 0) is 0 Å². The van der Waals surface area contributed by atoms with E-state index >= 15 is 0 Å². The lowest BCUT2D eigenvalue weighted by atomic mass is 10.1. The molecule has 0 N–H and O–H groups in total. The van der Waals surface area contributed by atoms with E-state index in [1.54, 1.807) is 0 Å². The Bertz CT molecular complexity index is 161. The highest BCUT2D eigenvalue weighted by Crippen LogP contribution is 2.21. The average Bonchev–Trinajstić information content (AvgIpc) is 2.14. The maximum Gasteiger partial charge on any atom is 0.207 e. The molecule has 1 aliphatic heterocycles. The molecule has 0 aliphatic carbocycles. The number of rotatable bonds is 1. The van der Waals surface area contributed by atoms with Crippen molar-refractivity contribution in [2.24, 2.45) is 5.92 Å². The Labute approximate surface area is 67.5 Å². The predicted octanol–water partition coefficient (Wildman–Crippen LogP) is 1.82. The van der Waals surface area contributed by atoms with Gasteiger partial charge in [-0.1, -0.05) is 25.6 Å². The minimum Gasteiger partial charge on any atom is -0.227 e. The van der Waals surface area contributed by atoms with Crippen LogP contribution in [0.15, 0.2) is 0 Å². The minimum absolute atomic E-state index is 0.769. The van der Waals surface area contributed by atoms with Crippen LogP contribution in [0.25, 0.3) is 0 Å². The molecule has 0 saturated carbocycles. The fourth-order valence-corrected chi connectivity index (χ4v) is 2.65. The van der Waals surface area contributed by atoms with Crippen LogP contribution in [0.1, 0.15) is 20.8 Å². The molecule has 1 aliphatic rings. The first-order valence-electron chi connectivity index (χ1n) is 3.82. The summed E-state index contributed by atoms with van der Waals surface area (Å²) in [5, 5.41) is 1.47.